The van der Waals surface area contributed by atoms with Crippen LogP contribution < -0.4 is 10.7 Å². The Morgan fingerprint density at radius 1 is 1.11 bits per heavy atom. The number of nitrogens with zero attached hydrogens (tertiary/aromatic N) is 2. The number of hydrazine groups is 1. The molecular weight excluding hydrogens is 232 g/mol. The van der Waals surface area contributed by atoms with Crippen LogP contribution in [0.5, 0.6) is 0 Å². The van der Waals surface area contributed by atoms with E-state index in [-0.39, 0.29) is 0 Å². The summed E-state index contributed by atoms with van der Waals surface area (Å²) in [6.07, 6.45) is 0.882. The molecule has 2 amide bonds. The number of nitrogens with one attached hydrogen (secondary N) is 2. The van der Waals surface area contributed by atoms with E-state index in [1.807, 2.05) is 7.05 Å². The van der Waals surface area contributed by atoms with Crippen molar-refractivity contribution >= 4 is 11.8 Å². The molecule has 1 aliphatic rings. The molecule has 1 heterocycles. The van der Waals surface area contributed by atoms with Crippen molar-refractivity contribution in [2.45, 2.75) is 20.3 Å². The summed E-state index contributed by atoms with van der Waals surface area (Å²) >= 11 is 0. The molecule has 1 aliphatic heterocycles. The van der Waals surface area contributed by atoms with E-state index in [1.165, 1.54) is 0 Å². The van der Waals surface area contributed by atoms with Crippen molar-refractivity contribution in [3.63, 3.8) is 0 Å². The van der Waals surface area contributed by atoms with Crippen LogP contribution in [-0.4, -0.2) is 61.5 Å². The van der Waals surface area contributed by atoms with Gasteiger partial charge >= 0.3 is 11.8 Å². The average Bonchev–Trinajstić information content (AvgIpc) is 2.31. The first-order valence-electron chi connectivity index (χ1n) is 6.51. The highest BCUT2D eigenvalue weighted by atomic mass is 16.2. The fourth-order valence-electron chi connectivity index (χ4n) is 1.67. The summed E-state index contributed by atoms with van der Waals surface area (Å²) in [5.74, 6) is -0.594. The molecule has 0 atom stereocenters. The van der Waals surface area contributed by atoms with Gasteiger partial charge < -0.3 is 10.2 Å². The van der Waals surface area contributed by atoms with Crippen molar-refractivity contribution in [2.75, 3.05) is 39.8 Å². The lowest BCUT2D eigenvalue weighted by Crippen LogP contribution is -2.55. The zero-order chi connectivity index (χ0) is 13.5. The summed E-state index contributed by atoms with van der Waals surface area (Å²) in [6.45, 7) is 8.01. The summed E-state index contributed by atoms with van der Waals surface area (Å²) in [5.41, 5.74) is 2.63. The molecule has 0 bridgehead atoms. The number of rotatable bonds is 4. The minimum absolute atomic E-state index is 0.519. The van der Waals surface area contributed by atoms with Crippen LogP contribution in [0.25, 0.3) is 0 Å². The summed E-state index contributed by atoms with van der Waals surface area (Å²) in [6, 6.07) is 0. The van der Waals surface area contributed by atoms with E-state index in [2.05, 4.69) is 29.5 Å². The Bertz CT molecular complexity index is 286. The Morgan fingerprint density at radius 2 is 1.72 bits per heavy atom. The maximum absolute atomic E-state index is 11.6. The van der Waals surface area contributed by atoms with E-state index in [9.17, 15) is 9.59 Å². The predicted octanol–water partition coefficient (Wildman–Crippen LogP) is -0.573. The Balaban J connectivity index is 2.21. The van der Waals surface area contributed by atoms with Crippen LogP contribution in [0.1, 0.15) is 20.3 Å². The van der Waals surface area contributed by atoms with Crippen molar-refractivity contribution in [1.82, 2.24) is 20.7 Å². The van der Waals surface area contributed by atoms with E-state index in [0.29, 0.717) is 12.5 Å². The average molecular weight is 256 g/mol. The van der Waals surface area contributed by atoms with Gasteiger partial charge in [-0.05, 0) is 19.4 Å². The van der Waals surface area contributed by atoms with Gasteiger partial charge in [0, 0.05) is 32.7 Å². The Labute approximate surface area is 109 Å². The van der Waals surface area contributed by atoms with E-state index < -0.39 is 11.8 Å². The van der Waals surface area contributed by atoms with E-state index in [4.69, 9.17) is 0 Å². The number of hydrogen-bond donors (Lipinski definition) is 2. The lowest BCUT2D eigenvalue weighted by atomic mass is 10.1. The van der Waals surface area contributed by atoms with Gasteiger partial charge in [0.15, 0.2) is 0 Å². The van der Waals surface area contributed by atoms with Gasteiger partial charge in [-0.15, -0.1) is 0 Å². The zero-order valence-corrected chi connectivity index (χ0v) is 11.5. The van der Waals surface area contributed by atoms with Gasteiger partial charge in [0.25, 0.3) is 0 Å². The second-order valence-electron chi connectivity index (χ2n) is 5.17. The van der Waals surface area contributed by atoms with Gasteiger partial charge in [-0.1, -0.05) is 13.8 Å². The molecule has 2 N–H and O–H groups in total. The smallest absolute Gasteiger partial charge is 0.323 e. The first-order valence-corrected chi connectivity index (χ1v) is 6.51. The number of hydrogen-bond acceptors (Lipinski definition) is 4. The molecule has 0 aliphatic carbocycles. The fraction of sp³-hybridized carbons (Fsp3) is 0.833. The third-order valence-corrected chi connectivity index (χ3v) is 2.98. The molecule has 0 saturated carbocycles. The van der Waals surface area contributed by atoms with Crippen LogP contribution >= 0.6 is 0 Å². The topological polar surface area (TPSA) is 64.7 Å². The van der Waals surface area contributed by atoms with Crippen molar-refractivity contribution in [3.05, 3.63) is 0 Å². The highest BCUT2D eigenvalue weighted by molar-refractivity contribution is 6.34. The highest BCUT2D eigenvalue weighted by Crippen LogP contribution is 1.97. The van der Waals surface area contributed by atoms with Crippen LogP contribution in [0.2, 0.25) is 0 Å². The quantitative estimate of drug-likeness (QED) is 0.661. The molecule has 1 rings (SSSR count). The summed E-state index contributed by atoms with van der Waals surface area (Å²) in [4.78, 5) is 25.3. The van der Waals surface area contributed by atoms with Crippen LogP contribution in [0.4, 0.5) is 0 Å². The zero-order valence-electron chi connectivity index (χ0n) is 11.5. The monoisotopic (exact) mass is 256 g/mol. The van der Waals surface area contributed by atoms with Crippen LogP contribution in [0.15, 0.2) is 0 Å². The Kier molecular flexibility index (Phi) is 6.07. The molecule has 104 valence electrons. The molecular formula is C12H24N4O2. The number of carbonyl (C=O) groups excluding carboxylic acids is 2. The largest absolute Gasteiger partial charge is 0.348 e. The lowest BCUT2D eigenvalue weighted by molar-refractivity contribution is -0.142. The van der Waals surface area contributed by atoms with Gasteiger partial charge in [0.2, 0.25) is 0 Å². The molecule has 0 aromatic carbocycles. The molecule has 0 aromatic heterocycles. The van der Waals surface area contributed by atoms with Crippen molar-refractivity contribution in [3.8, 4) is 0 Å². The van der Waals surface area contributed by atoms with Crippen molar-refractivity contribution in [2.24, 2.45) is 5.92 Å². The molecule has 1 saturated heterocycles. The van der Waals surface area contributed by atoms with Gasteiger partial charge in [0.1, 0.15) is 0 Å². The molecule has 0 spiro atoms. The Morgan fingerprint density at radius 3 is 2.28 bits per heavy atom. The second-order valence-corrected chi connectivity index (χ2v) is 5.17. The SMILES string of the molecule is CC(C)CCNC(=O)C(=O)NN1CCN(C)CC1. The third-order valence-electron chi connectivity index (χ3n) is 2.98. The predicted molar refractivity (Wildman–Crippen MR) is 69.7 cm³/mol. The standard InChI is InChI=1S/C12H24N4O2/c1-10(2)4-5-13-11(17)12(18)14-16-8-6-15(3)7-9-16/h10H,4-9H2,1-3H3,(H,13,17)(H,14,18). The van der Waals surface area contributed by atoms with Crippen molar-refractivity contribution < 1.29 is 9.59 Å². The number of likely N-dealkylation sites (N-methyl/N-ethyl adjacent to an activating group) is 1. The maximum atomic E-state index is 11.6. The molecule has 0 unspecified atom stereocenters. The first-order chi connectivity index (χ1) is 8.49. The molecule has 0 radical (unpaired) electrons. The van der Waals surface area contributed by atoms with Gasteiger partial charge in [-0.3, -0.25) is 15.0 Å². The first kappa shape index (κ1) is 14.9. The van der Waals surface area contributed by atoms with Gasteiger partial charge in [0.05, 0.1) is 0 Å². The second kappa shape index (κ2) is 7.33. The van der Waals surface area contributed by atoms with Crippen LogP contribution in [-0.2, 0) is 9.59 Å². The summed E-state index contributed by atoms with van der Waals surface area (Å²) in [7, 11) is 2.04. The molecule has 6 nitrogen and oxygen atoms in total. The fourth-order valence-corrected chi connectivity index (χ4v) is 1.67. The van der Waals surface area contributed by atoms with Gasteiger partial charge in [-0.2, -0.15) is 0 Å². The molecule has 6 heteroatoms. The van der Waals surface area contributed by atoms with Crippen LogP contribution in [0, 0.1) is 5.92 Å². The van der Waals surface area contributed by atoms with E-state index >= 15 is 0 Å². The van der Waals surface area contributed by atoms with E-state index in [1.54, 1.807) is 5.01 Å². The van der Waals surface area contributed by atoms with Crippen molar-refractivity contribution in [1.29, 1.82) is 0 Å². The normalized spacial score (nSPS) is 17.8. The third kappa shape index (κ3) is 5.46. The molecule has 0 aromatic rings. The molecule has 18 heavy (non-hydrogen) atoms. The Hall–Kier alpha value is -1.14. The molecule has 1 fully saturated rings. The van der Waals surface area contributed by atoms with E-state index in [0.717, 1.165) is 32.6 Å². The number of piperazine rings is 1. The lowest BCUT2D eigenvalue weighted by Gasteiger charge is -2.32. The summed E-state index contributed by atoms with van der Waals surface area (Å²) < 4.78 is 0. The van der Waals surface area contributed by atoms with Gasteiger partial charge in [-0.25, -0.2) is 5.01 Å². The minimum atomic E-state index is -0.566. The maximum Gasteiger partial charge on any atom is 0.323 e. The number of carbonyl (C=O) groups is 2. The highest BCUT2D eigenvalue weighted by Gasteiger charge is 2.19. The summed E-state index contributed by atoms with van der Waals surface area (Å²) in [5, 5.41) is 4.42. The number of amides is 2. The van der Waals surface area contributed by atoms with Crippen LogP contribution in [0.3, 0.4) is 0 Å². The minimum Gasteiger partial charge on any atom is -0.348 e.